The number of methoxy groups -OCH3 is 2. The van der Waals surface area contributed by atoms with Crippen LogP contribution in [-0.2, 0) is 25.5 Å². The summed E-state index contributed by atoms with van der Waals surface area (Å²) in [6.07, 6.45) is 12.3. The maximum Gasteiger partial charge on any atom is 0.278 e. The van der Waals surface area contributed by atoms with Crippen LogP contribution in [0.3, 0.4) is 0 Å². The Morgan fingerprint density at radius 2 is 1.93 bits per heavy atom. The van der Waals surface area contributed by atoms with Gasteiger partial charge in [-0.3, -0.25) is 20.2 Å². The number of nitrogens with one attached hydrogen (secondary N) is 3. The molecule has 1 aliphatic rings. The second kappa shape index (κ2) is 16.6. The number of aromatic nitrogens is 2. The van der Waals surface area contributed by atoms with Crippen molar-refractivity contribution in [3.05, 3.63) is 89.3 Å². The maximum atomic E-state index is 13.0. The molecule has 234 valence electrons. The van der Waals surface area contributed by atoms with E-state index >= 15 is 0 Å². The summed E-state index contributed by atoms with van der Waals surface area (Å²) in [7, 11) is 7.11. The largest absolute Gasteiger partial charge is 0.493 e. The highest BCUT2D eigenvalue weighted by molar-refractivity contribution is 6.47. The van der Waals surface area contributed by atoms with E-state index in [4.69, 9.17) is 24.4 Å². The Hall–Kier alpha value is -4.97. The fourth-order valence-electron chi connectivity index (χ4n) is 4.12. The SMILES string of the molecule is CCO/C(=C/Nc1c(CN(C)C)ccnc1C)C(=N)C(=O)Nc1ccc(O/C2=C/C=N\C(C)/C=C(OC)\C(OC)=C/C2)cn1. The summed E-state index contributed by atoms with van der Waals surface area (Å²) < 4.78 is 22.6. The monoisotopic (exact) mass is 603 g/mol. The number of ether oxygens (including phenoxy) is 4. The number of rotatable bonds is 13. The molecular weight excluding hydrogens is 562 g/mol. The van der Waals surface area contributed by atoms with Gasteiger partial charge >= 0.3 is 0 Å². The first-order valence-electron chi connectivity index (χ1n) is 14.1. The van der Waals surface area contributed by atoms with E-state index in [1.165, 1.54) is 12.4 Å². The first-order chi connectivity index (χ1) is 21.1. The van der Waals surface area contributed by atoms with Crippen molar-refractivity contribution in [2.75, 3.05) is 45.6 Å². The molecule has 0 saturated heterocycles. The summed E-state index contributed by atoms with van der Waals surface area (Å²) >= 11 is 0. The molecule has 1 aliphatic heterocycles. The lowest BCUT2D eigenvalue weighted by molar-refractivity contribution is -0.110. The Labute approximate surface area is 258 Å². The Balaban J connectivity index is 1.70. The van der Waals surface area contributed by atoms with Crippen LogP contribution in [0.5, 0.6) is 5.75 Å². The highest BCUT2D eigenvalue weighted by Crippen LogP contribution is 2.22. The van der Waals surface area contributed by atoms with E-state index in [0.717, 1.165) is 16.9 Å². The number of nitrogens with zero attached hydrogens (tertiary/aromatic N) is 4. The normalized spacial score (nSPS) is 19.7. The van der Waals surface area contributed by atoms with E-state index in [-0.39, 0.29) is 29.9 Å². The lowest BCUT2D eigenvalue weighted by Crippen LogP contribution is -2.26. The summed E-state index contributed by atoms with van der Waals surface area (Å²) in [6, 6.07) is 5.06. The molecule has 3 N–H and O–H groups in total. The maximum absolute atomic E-state index is 13.0. The second-order valence-corrected chi connectivity index (χ2v) is 9.95. The van der Waals surface area contributed by atoms with Gasteiger partial charge in [-0.15, -0.1) is 0 Å². The van der Waals surface area contributed by atoms with Crippen LogP contribution in [0, 0.1) is 12.3 Å². The van der Waals surface area contributed by atoms with Crippen molar-refractivity contribution in [2.24, 2.45) is 4.99 Å². The molecule has 12 nitrogen and oxygen atoms in total. The van der Waals surface area contributed by atoms with Crippen LogP contribution in [0.15, 0.2) is 83.0 Å². The number of hydrogen-bond donors (Lipinski definition) is 3. The van der Waals surface area contributed by atoms with E-state index < -0.39 is 5.91 Å². The van der Waals surface area contributed by atoms with Gasteiger partial charge < -0.3 is 34.5 Å². The van der Waals surface area contributed by atoms with Gasteiger partial charge in [-0.25, -0.2) is 4.98 Å². The van der Waals surface area contributed by atoms with Crippen LogP contribution < -0.4 is 15.4 Å². The zero-order chi connectivity index (χ0) is 32.1. The fourth-order valence-corrected chi connectivity index (χ4v) is 4.12. The molecule has 1 atom stereocenters. The molecule has 3 heterocycles. The van der Waals surface area contributed by atoms with E-state index in [1.54, 1.807) is 51.8 Å². The van der Waals surface area contributed by atoms with Gasteiger partial charge in [0, 0.05) is 31.6 Å². The van der Waals surface area contributed by atoms with Gasteiger partial charge in [0.1, 0.15) is 17.3 Å². The number of allylic oxidation sites excluding steroid dienone is 2. The van der Waals surface area contributed by atoms with Gasteiger partial charge in [-0.1, -0.05) is 0 Å². The van der Waals surface area contributed by atoms with Crippen molar-refractivity contribution in [1.82, 2.24) is 14.9 Å². The summed E-state index contributed by atoms with van der Waals surface area (Å²) in [5.41, 5.74) is 2.24. The van der Waals surface area contributed by atoms with Crippen molar-refractivity contribution in [2.45, 2.75) is 39.8 Å². The van der Waals surface area contributed by atoms with Crippen LogP contribution in [0.1, 0.15) is 31.5 Å². The summed E-state index contributed by atoms with van der Waals surface area (Å²) in [5.74, 6) is 1.87. The summed E-state index contributed by atoms with van der Waals surface area (Å²) in [4.78, 5) is 28.1. The van der Waals surface area contributed by atoms with Crippen LogP contribution in [0.4, 0.5) is 11.5 Å². The first kappa shape index (κ1) is 33.5. The molecule has 3 rings (SSSR count). The molecule has 0 aromatic carbocycles. The van der Waals surface area contributed by atoms with Gasteiger partial charge in [-0.05, 0) is 76.9 Å². The molecule has 1 amide bonds. The smallest absolute Gasteiger partial charge is 0.278 e. The molecule has 0 bridgehead atoms. The minimum atomic E-state index is -0.677. The van der Waals surface area contributed by atoms with Crippen molar-refractivity contribution < 1.29 is 23.7 Å². The van der Waals surface area contributed by atoms with Gasteiger partial charge in [0.15, 0.2) is 23.0 Å². The predicted molar refractivity (Wildman–Crippen MR) is 172 cm³/mol. The van der Waals surface area contributed by atoms with E-state index in [9.17, 15) is 4.79 Å². The number of aliphatic imine (C=N–C) groups is 1. The molecule has 0 aliphatic carbocycles. The number of aryl methyl sites for hydroxylation is 1. The lowest BCUT2D eigenvalue weighted by Gasteiger charge is -2.16. The van der Waals surface area contributed by atoms with Gasteiger partial charge in [0.2, 0.25) is 0 Å². The van der Waals surface area contributed by atoms with Crippen LogP contribution in [-0.4, -0.2) is 73.7 Å². The van der Waals surface area contributed by atoms with E-state index in [1.807, 2.05) is 51.1 Å². The minimum absolute atomic E-state index is 0.0814. The standard InChI is InChI=1S/C32H41N7O5/c1-8-43-28(19-37-31-22(3)35-15-13-23(31)20-39(4)5)30(33)32(40)38-29-12-10-25(18-36-29)44-24-9-11-26(41-6)27(42-7)17-21(2)34-16-14-24/h10-19,21,33,37H,8-9,20H2,1-7H3,(H,36,38,40)/b24-14+,26-11+,27-17+,28-19+,33-30?,34-16-. The molecule has 0 saturated carbocycles. The van der Waals surface area contributed by atoms with Crippen LogP contribution in [0.2, 0.25) is 0 Å². The average Bonchev–Trinajstić information content (AvgIpc) is 2.99. The summed E-state index contributed by atoms with van der Waals surface area (Å²) in [6.45, 7) is 6.57. The quantitative estimate of drug-likeness (QED) is 0.213. The number of carbonyl (C=O) groups excluding carboxylic acids is 1. The van der Waals surface area contributed by atoms with Gasteiger partial charge in [0.25, 0.3) is 5.91 Å². The number of hydrogen-bond acceptors (Lipinski definition) is 11. The third kappa shape index (κ3) is 9.80. The van der Waals surface area contributed by atoms with E-state index in [2.05, 4.69) is 25.6 Å². The third-order valence-corrected chi connectivity index (χ3v) is 6.21. The first-order valence-corrected chi connectivity index (χ1v) is 14.1. The fraction of sp³-hybridized carbons (Fsp3) is 0.344. The van der Waals surface area contributed by atoms with Crippen molar-refractivity contribution >= 4 is 29.3 Å². The van der Waals surface area contributed by atoms with Crippen molar-refractivity contribution in [1.29, 1.82) is 5.41 Å². The average molecular weight is 604 g/mol. The highest BCUT2D eigenvalue weighted by atomic mass is 16.5. The van der Waals surface area contributed by atoms with E-state index in [0.29, 0.717) is 36.0 Å². The zero-order valence-electron chi connectivity index (χ0n) is 26.3. The van der Waals surface area contributed by atoms with Crippen LogP contribution in [0.25, 0.3) is 0 Å². The predicted octanol–water partition coefficient (Wildman–Crippen LogP) is 4.98. The zero-order valence-corrected chi connectivity index (χ0v) is 26.3. The molecule has 0 fully saturated rings. The Bertz CT molecular complexity index is 1460. The topological polar surface area (TPSA) is 143 Å². The molecule has 2 aromatic rings. The number of pyridine rings is 2. The second-order valence-electron chi connectivity index (χ2n) is 9.95. The number of anilines is 2. The molecule has 0 spiro atoms. The van der Waals surface area contributed by atoms with Crippen molar-refractivity contribution in [3.8, 4) is 5.75 Å². The van der Waals surface area contributed by atoms with Gasteiger partial charge in [0.05, 0.1) is 44.4 Å². The number of carbonyl (C=O) groups is 1. The van der Waals surface area contributed by atoms with Gasteiger partial charge in [-0.2, -0.15) is 0 Å². The molecular formula is C32H41N7O5. The Kier molecular flexibility index (Phi) is 12.7. The molecule has 12 heteroatoms. The summed E-state index contributed by atoms with van der Waals surface area (Å²) in [5, 5.41) is 14.3. The lowest BCUT2D eigenvalue weighted by atomic mass is 10.1. The molecule has 0 radical (unpaired) electrons. The molecule has 44 heavy (non-hydrogen) atoms. The molecule has 2 aromatic heterocycles. The molecule has 1 unspecified atom stereocenters. The van der Waals surface area contributed by atoms with Crippen molar-refractivity contribution in [3.63, 3.8) is 0 Å². The third-order valence-electron chi connectivity index (χ3n) is 6.21. The van der Waals surface area contributed by atoms with Crippen LogP contribution >= 0.6 is 0 Å². The number of amides is 1. The Morgan fingerprint density at radius 1 is 1.16 bits per heavy atom. The Morgan fingerprint density at radius 3 is 2.59 bits per heavy atom. The highest BCUT2D eigenvalue weighted by Gasteiger charge is 2.18. The minimum Gasteiger partial charge on any atom is -0.493 e.